The van der Waals surface area contributed by atoms with Crippen molar-refractivity contribution in [2.75, 3.05) is 0 Å². The molecule has 0 aliphatic rings. The molecule has 31 heavy (non-hydrogen) atoms. The van der Waals surface area contributed by atoms with Crippen LogP contribution < -0.4 is 5.32 Å². The Bertz CT molecular complexity index is 1210. The Labute approximate surface area is 191 Å². The average molecular weight is 474 g/mol. The third-order valence-electron chi connectivity index (χ3n) is 4.46. The van der Waals surface area contributed by atoms with Crippen molar-refractivity contribution in [1.29, 1.82) is 0 Å². The Morgan fingerprint density at radius 3 is 2.84 bits per heavy atom. The molecule has 0 spiro atoms. The molecule has 0 saturated heterocycles. The number of amides is 1. The minimum absolute atomic E-state index is 0.284. The highest BCUT2D eigenvalue weighted by Crippen LogP contribution is 2.28. The van der Waals surface area contributed by atoms with E-state index in [2.05, 4.69) is 20.5 Å². The van der Waals surface area contributed by atoms with E-state index in [4.69, 9.17) is 11.6 Å². The molecule has 1 N–H and O–H groups in total. The summed E-state index contributed by atoms with van der Waals surface area (Å²) in [7, 11) is 0. The van der Waals surface area contributed by atoms with Gasteiger partial charge in [-0.3, -0.25) is 9.36 Å². The second-order valence-electron chi connectivity index (χ2n) is 6.56. The van der Waals surface area contributed by atoms with Crippen molar-refractivity contribution in [1.82, 2.24) is 25.1 Å². The molecular formula is C21H17ClFN5OS2. The SMILES string of the molecule is Cc1c(Cl)cccc1-n1ccnc1SCc1nnc(C(=O)NCc2ccc(F)cc2)s1. The summed E-state index contributed by atoms with van der Waals surface area (Å²) in [6, 6.07) is 11.7. The van der Waals surface area contributed by atoms with E-state index in [1.165, 1.54) is 35.2 Å². The van der Waals surface area contributed by atoms with Gasteiger partial charge in [0.25, 0.3) is 5.91 Å². The number of nitrogens with one attached hydrogen (secondary N) is 1. The number of nitrogens with zero attached hydrogens (tertiary/aromatic N) is 4. The summed E-state index contributed by atoms with van der Waals surface area (Å²) in [6.07, 6.45) is 3.62. The van der Waals surface area contributed by atoms with Crippen LogP contribution in [0.5, 0.6) is 0 Å². The zero-order valence-corrected chi connectivity index (χ0v) is 18.8. The number of imidazole rings is 1. The number of hydrogen-bond acceptors (Lipinski definition) is 6. The Balaban J connectivity index is 1.38. The van der Waals surface area contributed by atoms with Gasteiger partial charge in [0.05, 0.1) is 11.4 Å². The van der Waals surface area contributed by atoms with Crippen molar-refractivity contribution in [2.45, 2.75) is 24.4 Å². The molecule has 0 aliphatic heterocycles. The van der Waals surface area contributed by atoms with Crippen LogP contribution in [0.2, 0.25) is 5.02 Å². The number of rotatable bonds is 7. The van der Waals surface area contributed by atoms with Crippen LogP contribution in [0.4, 0.5) is 4.39 Å². The van der Waals surface area contributed by atoms with Gasteiger partial charge in [-0.15, -0.1) is 10.2 Å². The lowest BCUT2D eigenvalue weighted by atomic mass is 10.2. The van der Waals surface area contributed by atoms with Gasteiger partial charge in [0, 0.05) is 24.0 Å². The quantitative estimate of drug-likeness (QED) is 0.380. The third-order valence-corrected chi connectivity index (χ3v) is 6.95. The molecule has 10 heteroatoms. The molecule has 2 heterocycles. The smallest absolute Gasteiger partial charge is 0.282 e. The summed E-state index contributed by atoms with van der Waals surface area (Å²) in [4.78, 5) is 16.7. The number of carbonyl (C=O) groups excluding carboxylic acids is 1. The molecule has 0 fully saturated rings. The van der Waals surface area contributed by atoms with Crippen LogP contribution in [-0.4, -0.2) is 25.7 Å². The minimum atomic E-state index is -0.313. The van der Waals surface area contributed by atoms with Crippen molar-refractivity contribution in [2.24, 2.45) is 0 Å². The van der Waals surface area contributed by atoms with Crippen LogP contribution in [0, 0.1) is 12.7 Å². The Hall–Kier alpha value is -2.75. The zero-order valence-electron chi connectivity index (χ0n) is 16.4. The molecule has 2 aromatic heterocycles. The highest BCUT2D eigenvalue weighted by molar-refractivity contribution is 7.98. The number of aromatic nitrogens is 4. The number of hydrogen-bond donors (Lipinski definition) is 1. The zero-order chi connectivity index (χ0) is 21.8. The maximum absolute atomic E-state index is 13.0. The van der Waals surface area contributed by atoms with E-state index in [1.54, 1.807) is 18.3 Å². The first-order chi connectivity index (χ1) is 15.0. The van der Waals surface area contributed by atoms with Gasteiger partial charge >= 0.3 is 0 Å². The number of carbonyl (C=O) groups is 1. The maximum atomic E-state index is 13.0. The summed E-state index contributed by atoms with van der Waals surface area (Å²) < 4.78 is 14.9. The fraction of sp³-hybridized carbons (Fsp3) is 0.143. The summed E-state index contributed by atoms with van der Waals surface area (Å²) in [6.45, 7) is 2.26. The number of halogens is 2. The van der Waals surface area contributed by atoms with Crippen LogP contribution in [0.1, 0.15) is 25.9 Å². The molecule has 1 amide bonds. The third kappa shape index (κ3) is 5.12. The average Bonchev–Trinajstić information content (AvgIpc) is 3.43. The Morgan fingerprint density at radius 2 is 2.03 bits per heavy atom. The first-order valence-electron chi connectivity index (χ1n) is 9.28. The molecule has 0 saturated carbocycles. The van der Waals surface area contributed by atoms with Gasteiger partial charge in [-0.25, -0.2) is 9.37 Å². The molecule has 0 unspecified atom stereocenters. The summed E-state index contributed by atoms with van der Waals surface area (Å²) >= 11 is 8.99. The van der Waals surface area contributed by atoms with E-state index in [0.717, 1.165) is 22.0 Å². The van der Waals surface area contributed by atoms with Gasteiger partial charge in [-0.05, 0) is 42.3 Å². The topological polar surface area (TPSA) is 72.7 Å². The molecule has 0 aliphatic carbocycles. The van der Waals surface area contributed by atoms with E-state index in [0.29, 0.717) is 22.3 Å². The Kier molecular flexibility index (Phi) is 6.64. The molecule has 0 bridgehead atoms. The van der Waals surface area contributed by atoms with E-state index < -0.39 is 0 Å². The second-order valence-corrected chi connectivity index (χ2v) is 8.97. The van der Waals surface area contributed by atoms with Crippen molar-refractivity contribution >= 4 is 40.6 Å². The highest BCUT2D eigenvalue weighted by Gasteiger charge is 2.15. The highest BCUT2D eigenvalue weighted by atomic mass is 35.5. The lowest BCUT2D eigenvalue weighted by Crippen LogP contribution is -2.22. The second kappa shape index (κ2) is 9.59. The van der Waals surface area contributed by atoms with Crippen LogP contribution in [0.3, 0.4) is 0 Å². The van der Waals surface area contributed by atoms with Crippen LogP contribution in [0.25, 0.3) is 5.69 Å². The molecular weight excluding hydrogens is 457 g/mol. The monoisotopic (exact) mass is 473 g/mol. The maximum Gasteiger partial charge on any atom is 0.282 e. The normalized spacial score (nSPS) is 10.9. The molecule has 2 aromatic carbocycles. The molecule has 0 radical (unpaired) electrons. The fourth-order valence-corrected chi connectivity index (χ4v) is 4.70. The van der Waals surface area contributed by atoms with Gasteiger partial charge in [-0.2, -0.15) is 0 Å². The number of thioether (sulfide) groups is 1. The van der Waals surface area contributed by atoms with E-state index in [9.17, 15) is 9.18 Å². The fourth-order valence-electron chi connectivity index (χ4n) is 2.83. The van der Waals surface area contributed by atoms with Gasteiger partial charge in [0.2, 0.25) is 5.01 Å². The lowest BCUT2D eigenvalue weighted by molar-refractivity contribution is 0.0950. The van der Waals surface area contributed by atoms with Gasteiger partial charge in [0.15, 0.2) is 5.16 Å². The largest absolute Gasteiger partial charge is 0.346 e. The summed E-state index contributed by atoms with van der Waals surface area (Å²) in [5, 5.41) is 13.4. The van der Waals surface area contributed by atoms with Crippen molar-refractivity contribution in [3.63, 3.8) is 0 Å². The first-order valence-corrected chi connectivity index (χ1v) is 11.5. The lowest BCUT2D eigenvalue weighted by Gasteiger charge is -2.11. The van der Waals surface area contributed by atoms with Crippen LogP contribution >= 0.6 is 34.7 Å². The molecule has 4 aromatic rings. The standard InChI is InChI=1S/C21H17ClFN5OS2/c1-13-16(22)3-2-4-17(13)28-10-9-24-21(28)30-12-18-26-27-20(31-18)19(29)25-11-14-5-7-15(23)8-6-14/h2-10H,11-12H2,1H3,(H,25,29). The molecule has 6 nitrogen and oxygen atoms in total. The Morgan fingerprint density at radius 1 is 1.23 bits per heavy atom. The van der Waals surface area contributed by atoms with E-state index >= 15 is 0 Å². The van der Waals surface area contributed by atoms with Crippen molar-refractivity contribution < 1.29 is 9.18 Å². The summed E-state index contributed by atoms with van der Waals surface area (Å²) in [5.74, 6) is -0.0962. The molecule has 158 valence electrons. The predicted molar refractivity (Wildman–Crippen MR) is 120 cm³/mol. The summed E-state index contributed by atoms with van der Waals surface area (Å²) in [5.41, 5.74) is 2.74. The van der Waals surface area contributed by atoms with Gasteiger partial charge < -0.3 is 5.32 Å². The van der Waals surface area contributed by atoms with Gasteiger partial charge in [0.1, 0.15) is 10.8 Å². The molecule has 4 rings (SSSR count). The van der Waals surface area contributed by atoms with Crippen LogP contribution in [-0.2, 0) is 12.3 Å². The minimum Gasteiger partial charge on any atom is -0.346 e. The van der Waals surface area contributed by atoms with E-state index in [-0.39, 0.29) is 16.7 Å². The molecule has 0 atom stereocenters. The number of benzene rings is 2. The van der Waals surface area contributed by atoms with Crippen molar-refractivity contribution in [3.8, 4) is 5.69 Å². The predicted octanol–water partition coefficient (Wildman–Crippen LogP) is 5.05. The first kappa shape index (κ1) is 21.5. The van der Waals surface area contributed by atoms with Crippen LogP contribution in [0.15, 0.2) is 60.0 Å². The van der Waals surface area contributed by atoms with E-state index in [1.807, 2.05) is 35.9 Å². The van der Waals surface area contributed by atoms with Gasteiger partial charge in [-0.1, -0.05) is 52.9 Å². The van der Waals surface area contributed by atoms with Crippen molar-refractivity contribution in [3.05, 3.63) is 86.8 Å².